The van der Waals surface area contributed by atoms with Crippen LogP contribution >= 0.6 is 0 Å². The topological polar surface area (TPSA) is 118 Å². The highest BCUT2D eigenvalue weighted by Gasteiger charge is 2.13. The normalized spacial score (nSPS) is 11.6. The highest BCUT2D eigenvalue weighted by molar-refractivity contribution is 7.91. The van der Waals surface area contributed by atoms with Crippen LogP contribution in [-0.2, 0) is 9.84 Å². The van der Waals surface area contributed by atoms with E-state index in [-0.39, 0.29) is 27.9 Å². The molecule has 0 aliphatic heterocycles. The average Bonchev–Trinajstić information content (AvgIpc) is 2.61. The Bertz CT molecular complexity index is 838. The van der Waals surface area contributed by atoms with Crippen molar-refractivity contribution in [1.82, 2.24) is 0 Å². The predicted octanol–water partition coefficient (Wildman–Crippen LogP) is 2.59. The van der Waals surface area contributed by atoms with Crippen molar-refractivity contribution in [3.05, 3.63) is 36.4 Å². The number of nitrogens with zero attached hydrogens (tertiary/aromatic N) is 2. The zero-order valence-electron chi connectivity index (χ0n) is 13.7. The summed E-state index contributed by atoms with van der Waals surface area (Å²) in [5, 5.41) is 26.7. The summed E-state index contributed by atoms with van der Waals surface area (Å²) in [4.78, 5) is 0.105. The Morgan fingerprint density at radius 2 is 1.48 bits per heavy atom. The number of benzene rings is 2. The van der Waals surface area contributed by atoms with Gasteiger partial charge in [0, 0.05) is 12.1 Å². The first-order chi connectivity index (χ1) is 11.9. The van der Waals surface area contributed by atoms with E-state index < -0.39 is 16.4 Å². The molecule has 9 heteroatoms. The average molecular weight is 366 g/mol. The molecule has 0 fully saturated rings. The second-order valence-corrected chi connectivity index (χ2v) is 7.04. The molecular formula is C16H18N2O6S. The number of aliphatic hydroxyl groups is 1. The molecule has 0 amide bonds. The number of methoxy groups -OCH3 is 2. The SMILES string of the molecule is COc1cc(N=Nc2ccc(S(=O)(=O)CCO)cc2)cc(OC)c1O. The molecule has 134 valence electrons. The largest absolute Gasteiger partial charge is 0.502 e. The molecule has 2 rings (SSSR count). The summed E-state index contributed by atoms with van der Waals surface area (Å²) in [7, 11) is -0.693. The van der Waals surface area contributed by atoms with Crippen LogP contribution in [0.5, 0.6) is 17.2 Å². The maximum atomic E-state index is 11.8. The summed E-state index contributed by atoms with van der Waals surface area (Å²) >= 11 is 0. The number of ether oxygens (including phenoxy) is 2. The maximum Gasteiger partial charge on any atom is 0.200 e. The lowest BCUT2D eigenvalue weighted by Crippen LogP contribution is -2.09. The minimum atomic E-state index is -3.50. The van der Waals surface area contributed by atoms with Gasteiger partial charge in [0.05, 0.1) is 42.8 Å². The van der Waals surface area contributed by atoms with Gasteiger partial charge in [0.2, 0.25) is 5.75 Å². The Morgan fingerprint density at radius 1 is 0.960 bits per heavy atom. The molecular weight excluding hydrogens is 348 g/mol. The molecule has 0 spiro atoms. The third-order valence-electron chi connectivity index (χ3n) is 3.30. The molecule has 0 aliphatic carbocycles. The van der Waals surface area contributed by atoms with Gasteiger partial charge in [-0.25, -0.2) is 8.42 Å². The van der Waals surface area contributed by atoms with Crippen molar-refractivity contribution >= 4 is 21.2 Å². The molecule has 25 heavy (non-hydrogen) atoms. The zero-order valence-corrected chi connectivity index (χ0v) is 14.5. The van der Waals surface area contributed by atoms with Gasteiger partial charge in [0.15, 0.2) is 21.3 Å². The fourth-order valence-electron chi connectivity index (χ4n) is 2.01. The molecule has 0 radical (unpaired) electrons. The van der Waals surface area contributed by atoms with Crippen LogP contribution in [0.4, 0.5) is 11.4 Å². The first-order valence-electron chi connectivity index (χ1n) is 7.21. The Hall–Kier alpha value is -2.65. The molecule has 0 unspecified atom stereocenters. The van der Waals surface area contributed by atoms with Crippen molar-refractivity contribution in [1.29, 1.82) is 0 Å². The smallest absolute Gasteiger partial charge is 0.200 e. The van der Waals surface area contributed by atoms with Crippen molar-refractivity contribution in [2.45, 2.75) is 4.90 Å². The maximum absolute atomic E-state index is 11.8. The molecule has 2 N–H and O–H groups in total. The number of rotatable bonds is 7. The fraction of sp³-hybridized carbons (Fsp3) is 0.250. The van der Waals surface area contributed by atoms with E-state index in [0.717, 1.165) is 0 Å². The van der Waals surface area contributed by atoms with Crippen molar-refractivity contribution in [3.8, 4) is 17.2 Å². The van der Waals surface area contributed by atoms with Crippen LogP contribution in [-0.4, -0.2) is 45.2 Å². The number of hydrogen-bond acceptors (Lipinski definition) is 8. The number of aromatic hydroxyl groups is 1. The van der Waals surface area contributed by atoms with Gasteiger partial charge in [-0.2, -0.15) is 10.2 Å². The third kappa shape index (κ3) is 4.46. The van der Waals surface area contributed by atoms with Gasteiger partial charge >= 0.3 is 0 Å². The lowest BCUT2D eigenvalue weighted by Gasteiger charge is -2.08. The first-order valence-corrected chi connectivity index (χ1v) is 8.87. The van der Waals surface area contributed by atoms with Gasteiger partial charge in [-0.1, -0.05) is 0 Å². The molecule has 8 nitrogen and oxygen atoms in total. The highest BCUT2D eigenvalue weighted by Crippen LogP contribution is 2.40. The van der Waals surface area contributed by atoms with E-state index in [2.05, 4.69) is 10.2 Å². The number of azo groups is 1. The summed E-state index contributed by atoms with van der Waals surface area (Å²) in [6.45, 7) is -0.436. The lowest BCUT2D eigenvalue weighted by molar-refractivity contribution is 0.319. The fourth-order valence-corrected chi connectivity index (χ4v) is 3.04. The molecule has 2 aromatic rings. The van der Waals surface area contributed by atoms with E-state index in [1.54, 1.807) is 0 Å². The van der Waals surface area contributed by atoms with E-state index in [1.165, 1.54) is 50.6 Å². The molecule has 0 aliphatic rings. The second kappa shape index (κ2) is 7.95. The molecule has 0 saturated heterocycles. The van der Waals surface area contributed by atoms with E-state index in [0.29, 0.717) is 11.4 Å². The van der Waals surface area contributed by atoms with Crippen LogP contribution < -0.4 is 9.47 Å². The van der Waals surface area contributed by atoms with Crippen LogP contribution in [0.2, 0.25) is 0 Å². The number of sulfone groups is 1. The third-order valence-corrected chi connectivity index (χ3v) is 5.01. The molecule has 2 aromatic carbocycles. The first kappa shape index (κ1) is 18.7. The van der Waals surface area contributed by atoms with Crippen LogP contribution in [0, 0.1) is 0 Å². The van der Waals surface area contributed by atoms with Gasteiger partial charge in [-0.3, -0.25) is 0 Å². The number of phenols is 1. The number of phenolic OH excluding ortho intramolecular Hbond substituents is 1. The van der Waals surface area contributed by atoms with Gasteiger partial charge in [0.25, 0.3) is 0 Å². The molecule has 0 bridgehead atoms. The Balaban J connectivity index is 2.25. The van der Waals surface area contributed by atoms with Crippen LogP contribution in [0.1, 0.15) is 0 Å². The minimum Gasteiger partial charge on any atom is -0.502 e. The molecule has 0 atom stereocenters. The van der Waals surface area contributed by atoms with E-state index in [9.17, 15) is 13.5 Å². The minimum absolute atomic E-state index is 0.105. The van der Waals surface area contributed by atoms with E-state index >= 15 is 0 Å². The Morgan fingerprint density at radius 3 is 1.96 bits per heavy atom. The van der Waals surface area contributed by atoms with Crippen molar-refractivity contribution < 1.29 is 28.1 Å². The van der Waals surface area contributed by atoms with E-state index in [1.807, 2.05) is 0 Å². The van der Waals surface area contributed by atoms with Crippen molar-refractivity contribution in [2.24, 2.45) is 10.2 Å². The molecule has 0 saturated carbocycles. The highest BCUT2D eigenvalue weighted by atomic mass is 32.2. The van der Waals surface area contributed by atoms with Gasteiger partial charge in [-0.05, 0) is 24.3 Å². The van der Waals surface area contributed by atoms with Crippen molar-refractivity contribution in [2.75, 3.05) is 26.6 Å². The standard InChI is InChI=1S/C16H18N2O6S/c1-23-14-9-12(10-15(24-2)16(14)20)18-17-11-3-5-13(6-4-11)25(21,22)8-7-19/h3-6,9-10,19-20H,7-8H2,1-2H3. The van der Waals surface area contributed by atoms with Gasteiger partial charge in [0.1, 0.15) is 0 Å². The summed E-state index contributed by atoms with van der Waals surface area (Å²) in [6, 6.07) is 8.78. The van der Waals surface area contributed by atoms with Crippen LogP contribution in [0.15, 0.2) is 51.5 Å². The second-order valence-electron chi connectivity index (χ2n) is 4.94. The Labute approximate surface area is 145 Å². The monoisotopic (exact) mass is 366 g/mol. The molecule has 0 heterocycles. The molecule has 0 aromatic heterocycles. The quantitative estimate of drug-likeness (QED) is 0.727. The summed E-state index contributed by atoms with van der Waals surface area (Å²) in [5.41, 5.74) is 0.831. The van der Waals surface area contributed by atoms with E-state index in [4.69, 9.17) is 14.6 Å². The summed E-state index contributed by atoms with van der Waals surface area (Å²) in [5.74, 6) is -0.0825. The van der Waals surface area contributed by atoms with Gasteiger partial charge < -0.3 is 19.7 Å². The number of aliphatic hydroxyl groups excluding tert-OH is 1. The lowest BCUT2D eigenvalue weighted by atomic mass is 10.2. The summed E-state index contributed by atoms with van der Waals surface area (Å²) < 4.78 is 33.7. The predicted molar refractivity (Wildman–Crippen MR) is 91.0 cm³/mol. The number of hydrogen-bond donors (Lipinski definition) is 2. The van der Waals surface area contributed by atoms with Crippen LogP contribution in [0.3, 0.4) is 0 Å². The van der Waals surface area contributed by atoms with Crippen LogP contribution in [0.25, 0.3) is 0 Å². The zero-order chi connectivity index (χ0) is 18.4. The summed E-state index contributed by atoms with van der Waals surface area (Å²) in [6.07, 6.45) is 0. The Kier molecular flexibility index (Phi) is 5.94. The van der Waals surface area contributed by atoms with Crippen molar-refractivity contribution in [3.63, 3.8) is 0 Å². The van der Waals surface area contributed by atoms with Gasteiger partial charge in [-0.15, -0.1) is 0 Å².